The second-order valence-corrected chi connectivity index (χ2v) is 5.00. The number of nitrogens with one attached hydrogen (secondary N) is 1. The zero-order chi connectivity index (χ0) is 14.8. The molecule has 6 heteroatoms. The van der Waals surface area contributed by atoms with Crippen molar-refractivity contribution in [2.24, 2.45) is 0 Å². The molecule has 1 N–H and O–H groups in total. The van der Waals surface area contributed by atoms with Crippen molar-refractivity contribution in [2.75, 3.05) is 5.32 Å². The number of carbonyl (C=O) groups is 1. The fraction of sp³-hybridized carbons (Fsp3) is 0.267. The Balaban J connectivity index is 1.83. The summed E-state index contributed by atoms with van der Waals surface area (Å²) < 4.78 is 4.91. The third kappa shape index (κ3) is 2.65. The fourth-order valence-electron chi connectivity index (χ4n) is 2.63. The molecule has 1 amide bonds. The lowest BCUT2D eigenvalue weighted by atomic mass is 9.90. The molecule has 2 aromatic rings. The molecular formula is C15H14N2O4. The Hall–Kier alpha value is -2.63. The van der Waals surface area contributed by atoms with E-state index in [1.54, 1.807) is 0 Å². The molecule has 1 heterocycles. The summed E-state index contributed by atoms with van der Waals surface area (Å²) in [6.45, 7) is 0. The van der Waals surface area contributed by atoms with Crippen molar-refractivity contribution < 1.29 is 14.1 Å². The highest BCUT2D eigenvalue weighted by Gasteiger charge is 2.19. The van der Waals surface area contributed by atoms with Gasteiger partial charge in [0, 0.05) is 5.69 Å². The summed E-state index contributed by atoms with van der Waals surface area (Å²) in [5.74, 6) is -0.965. The summed E-state index contributed by atoms with van der Waals surface area (Å²) in [5.41, 5.74) is 3.17. The van der Waals surface area contributed by atoms with Crippen LogP contribution in [0.4, 0.5) is 11.6 Å². The third-order valence-corrected chi connectivity index (χ3v) is 3.64. The lowest BCUT2D eigenvalue weighted by Gasteiger charge is -2.19. The lowest BCUT2D eigenvalue weighted by molar-refractivity contribution is -0.402. The van der Waals surface area contributed by atoms with Gasteiger partial charge in [-0.15, -0.1) is 0 Å². The van der Waals surface area contributed by atoms with Crippen LogP contribution in [0.3, 0.4) is 0 Å². The second-order valence-electron chi connectivity index (χ2n) is 5.00. The van der Waals surface area contributed by atoms with Gasteiger partial charge in [-0.3, -0.25) is 14.9 Å². The molecule has 0 radical (unpaired) electrons. The average molecular weight is 286 g/mol. The first kappa shape index (κ1) is 13.4. The van der Waals surface area contributed by atoms with E-state index in [1.165, 1.54) is 17.7 Å². The topological polar surface area (TPSA) is 85.4 Å². The van der Waals surface area contributed by atoms with Crippen LogP contribution in [0.5, 0.6) is 0 Å². The number of nitrogens with zero attached hydrogens (tertiary/aromatic N) is 1. The Kier molecular flexibility index (Phi) is 3.43. The number of hydrogen-bond donors (Lipinski definition) is 1. The van der Waals surface area contributed by atoms with Crippen molar-refractivity contribution in [1.82, 2.24) is 0 Å². The van der Waals surface area contributed by atoms with Gasteiger partial charge < -0.3 is 9.73 Å². The largest absolute Gasteiger partial charge is 0.433 e. The van der Waals surface area contributed by atoms with Gasteiger partial charge in [0.1, 0.15) is 4.92 Å². The molecule has 0 saturated heterocycles. The number of hydrogen-bond acceptors (Lipinski definition) is 4. The number of benzene rings is 1. The lowest BCUT2D eigenvalue weighted by Crippen LogP contribution is -2.14. The minimum absolute atomic E-state index is 0.0601. The molecule has 0 spiro atoms. The molecule has 0 aliphatic heterocycles. The quantitative estimate of drug-likeness (QED) is 0.692. The zero-order valence-corrected chi connectivity index (χ0v) is 11.3. The van der Waals surface area contributed by atoms with Crippen molar-refractivity contribution in [1.29, 1.82) is 0 Å². The summed E-state index contributed by atoms with van der Waals surface area (Å²) in [7, 11) is 0. The monoisotopic (exact) mass is 286 g/mol. The van der Waals surface area contributed by atoms with Gasteiger partial charge in [-0.2, -0.15) is 0 Å². The maximum atomic E-state index is 12.1. The van der Waals surface area contributed by atoms with Crippen LogP contribution >= 0.6 is 0 Å². The Bertz CT molecular complexity index is 705. The number of furan rings is 1. The molecule has 6 nitrogen and oxygen atoms in total. The highest BCUT2D eigenvalue weighted by molar-refractivity contribution is 6.03. The van der Waals surface area contributed by atoms with E-state index in [2.05, 4.69) is 11.4 Å². The van der Waals surface area contributed by atoms with Gasteiger partial charge in [-0.05, 0) is 48.9 Å². The summed E-state index contributed by atoms with van der Waals surface area (Å²) in [6, 6.07) is 8.31. The molecule has 0 bridgehead atoms. The Labute approximate surface area is 120 Å². The molecule has 1 aromatic carbocycles. The van der Waals surface area contributed by atoms with Gasteiger partial charge in [0.2, 0.25) is 0 Å². The van der Waals surface area contributed by atoms with E-state index >= 15 is 0 Å². The number of nitro groups is 1. The van der Waals surface area contributed by atoms with Crippen molar-refractivity contribution in [3.63, 3.8) is 0 Å². The molecule has 0 atom stereocenters. The van der Waals surface area contributed by atoms with E-state index in [9.17, 15) is 14.9 Å². The van der Waals surface area contributed by atoms with Gasteiger partial charge in [0.25, 0.3) is 5.91 Å². The van der Waals surface area contributed by atoms with Crippen molar-refractivity contribution in [2.45, 2.75) is 25.7 Å². The first-order valence-electron chi connectivity index (χ1n) is 6.81. The van der Waals surface area contributed by atoms with Crippen molar-refractivity contribution in [3.8, 4) is 0 Å². The van der Waals surface area contributed by atoms with E-state index in [4.69, 9.17) is 4.42 Å². The minimum atomic E-state index is -0.666. The number of carbonyl (C=O) groups excluding carboxylic acids is 1. The normalized spacial score (nSPS) is 13.5. The summed E-state index contributed by atoms with van der Waals surface area (Å²) in [5, 5.41) is 13.4. The number of fused-ring (bicyclic) bond motifs is 1. The average Bonchev–Trinajstić information content (AvgIpc) is 2.98. The SMILES string of the molecule is O=C(Nc1cccc2c1CCCC2)c1ccc([N+](=O)[O-])o1. The van der Waals surface area contributed by atoms with Gasteiger partial charge in [0.05, 0.1) is 6.07 Å². The van der Waals surface area contributed by atoms with E-state index in [0.717, 1.165) is 36.9 Å². The molecule has 0 fully saturated rings. The second kappa shape index (κ2) is 5.40. The van der Waals surface area contributed by atoms with Gasteiger partial charge in [-0.25, -0.2) is 0 Å². The predicted molar refractivity (Wildman–Crippen MR) is 76.4 cm³/mol. The van der Waals surface area contributed by atoms with Crippen LogP contribution in [0, 0.1) is 10.1 Å². The van der Waals surface area contributed by atoms with Crippen LogP contribution in [-0.4, -0.2) is 10.8 Å². The molecule has 21 heavy (non-hydrogen) atoms. The number of anilines is 1. The van der Waals surface area contributed by atoms with Crippen molar-refractivity contribution in [3.05, 3.63) is 57.3 Å². The number of rotatable bonds is 3. The first-order valence-corrected chi connectivity index (χ1v) is 6.81. The van der Waals surface area contributed by atoms with E-state index in [-0.39, 0.29) is 5.76 Å². The van der Waals surface area contributed by atoms with Gasteiger partial charge in [0.15, 0.2) is 5.76 Å². The van der Waals surface area contributed by atoms with Crippen LogP contribution in [0.1, 0.15) is 34.5 Å². The maximum Gasteiger partial charge on any atom is 0.433 e. The van der Waals surface area contributed by atoms with Gasteiger partial charge in [-0.1, -0.05) is 12.1 Å². The van der Waals surface area contributed by atoms with Crippen LogP contribution in [-0.2, 0) is 12.8 Å². The zero-order valence-electron chi connectivity index (χ0n) is 11.3. The Morgan fingerprint density at radius 1 is 1.19 bits per heavy atom. The highest BCUT2D eigenvalue weighted by atomic mass is 16.6. The highest BCUT2D eigenvalue weighted by Crippen LogP contribution is 2.28. The maximum absolute atomic E-state index is 12.1. The van der Waals surface area contributed by atoms with Crippen LogP contribution in [0.25, 0.3) is 0 Å². The Morgan fingerprint density at radius 2 is 2.00 bits per heavy atom. The number of aryl methyl sites for hydroxylation is 1. The van der Waals surface area contributed by atoms with Crippen molar-refractivity contribution >= 4 is 17.5 Å². The first-order chi connectivity index (χ1) is 10.1. The van der Waals surface area contributed by atoms with E-state index in [0.29, 0.717) is 0 Å². The standard InChI is InChI=1S/C15H14N2O4/c18-15(13-8-9-14(21-13)17(19)20)16-12-7-3-5-10-4-1-2-6-11(10)12/h3,5,7-9H,1-2,4,6H2,(H,16,18). The van der Waals surface area contributed by atoms with Crippen LogP contribution in [0.2, 0.25) is 0 Å². The fourth-order valence-corrected chi connectivity index (χ4v) is 2.63. The summed E-state index contributed by atoms with van der Waals surface area (Å²) in [6.07, 6.45) is 4.22. The molecule has 1 aromatic heterocycles. The third-order valence-electron chi connectivity index (χ3n) is 3.64. The smallest absolute Gasteiger partial charge is 0.395 e. The van der Waals surface area contributed by atoms with Crippen LogP contribution in [0.15, 0.2) is 34.7 Å². The molecule has 1 aliphatic carbocycles. The molecule has 1 aliphatic rings. The molecule has 0 unspecified atom stereocenters. The minimum Gasteiger partial charge on any atom is -0.395 e. The molecule has 3 rings (SSSR count). The Morgan fingerprint density at radius 3 is 2.76 bits per heavy atom. The molecular weight excluding hydrogens is 272 g/mol. The van der Waals surface area contributed by atoms with E-state index in [1.807, 2.05) is 12.1 Å². The molecule has 0 saturated carbocycles. The van der Waals surface area contributed by atoms with E-state index < -0.39 is 16.7 Å². The van der Waals surface area contributed by atoms with Gasteiger partial charge >= 0.3 is 5.88 Å². The molecule has 108 valence electrons. The predicted octanol–water partition coefficient (Wildman–Crippen LogP) is 3.32. The summed E-state index contributed by atoms with van der Waals surface area (Å²) >= 11 is 0. The summed E-state index contributed by atoms with van der Waals surface area (Å²) in [4.78, 5) is 22.0. The van der Waals surface area contributed by atoms with Crippen LogP contribution < -0.4 is 5.32 Å². The number of amides is 1.